The molecule has 0 amide bonds. The summed E-state index contributed by atoms with van der Waals surface area (Å²) in [7, 11) is 0. The van der Waals surface area contributed by atoms with Gasteiger partial charge in [0.25, 0.3) is 0 Å². The molecule has 0 bridgehead atoms. The smallest absolute Gasteiger partial charge is 0.126 e. The predicted octanol–water partition coefficient (Wildman–Crippen LogP) is 4.11. The van der Waals surface area contributed by atoms with Gasteiger partial charge in [0.1, 0.15) is 5.82 Å². The molecule has 1 rings (SSSR count). The van der Waals surface area contributed by atoms with Crippen LogP contribution in [-0.4, -0.2) is 0 Å². The van der Waals surface area contributed by atoms with Crippen molar-refractivity contribution in [3.63, 3.8) is 0 Å². The minimum atomic E-state index is -0.0945. The largest absolute Gasteiger partial charge is 0.207 e. The van der Waals surface area contributed by atoms with Crippen LogP contribution >= 0.6 is 0 Å². The number of hydrogen-bond acceptors (Lipinski definition) is 0. The molecule has 0 saturated heterocycles. The Morgan fingerprint density at radius 1 is 1.29 bits per heavy atom. The van der Waals surface area contributed by atoms with E-state index in [9.17, 15) is 4.39 Å². The van der Waals surface area contributed by atoms with E-state index < -0.39 is 0 Å². The van der Waals surface area contributed by atoms with Crippen LogP contribution in [0.3, 0.4) is 0 Å². The lowest BCUT2D eigenvalue weighted by Crippen LogP contribution is -1.93. The molecule has 14 heavy (non-hydrogen) atoms. The normalized spacial score (nSPS) is 11.8. The molecule has 0 saturated carbocycles. The first-order valence-electron chi connectivity index (χ1n) is 5.19. The molecule has 0 N–H and O–H groups in total. The van der Waals surface area contributed by atoms with Crippen LogP contribution in [0.25, 0.3) is 0 Å². The zero-order valence-electron chi connectivity index (χ0n) is 8.89. The summed E-state index contributed by atoms with van der Waals surface area (Å²) in [4.78, 5) is 0. The van der Waals surface area contributed by atoms with Gasteiger partial charge < -0.3 is 0 Å². The molecule has 0 aliphatic rings. The zero-order chi connectivity index (χ0) is 10.4. The molecule has 0 unspecified atom stereocenters. The van der Waals surface area contributed by atoms with E-state index in [1.807, 2.05) is 12.1 Å². The molecule has 0 fully saturated rings. The van der Waals surface area contributed by atoms with Crippen LogP contribution in [0.4, 0.5) is 4.39 Å². The van der Waals surface area contributed by atoms with Gasteiger partial charge in [-0.3, -0.25) is 0 Å². The highest BCUT2D eigenvalue weighted by atomic mass is 19.1. The Morgan fingerprint density at radius 3 is 2.57 bits per heavy atom. The molecule has 0 aliphatic carbocycles. The highest BCUT2D eigenvalue weighted by Gasteiger charge is 2.02. The van der Waals surface area contributed by atoms with E-state index in [1.165, 1.54) is 11.6 Å². The molecule has 0 atom stereocenters. The highest BCUT2D eigenvalue weighted by Crippen LogP contribution is 2.14. The second-order valence-corrected chi connectivity index (χ2v) is 3.39. The fraction of sp³-hybridized carbons (Fsp3) is 0.385. The Labute approximate surface area is 85.5 Å². The molecule has 0 aliphatic heterocycles. The van der Waals surface area contributed by atoms with Crippen LogP contribution in [0.5, 0.6) is 0 Å². The second kappa shape index (κ2) is 5.58. The van der Waals surface area contributed by atoms with E-state index >= 15 is 0 Å². The Hall–Kier alpha value is -1.11. The number of allylic oxidation sites excluding steroid dienone is 2. The van der Waals surface area contributed by atoms with E-state index in [0.717, 1.165) is 24.8 Å². The molecule has 0 nitrogen and oxygen atoms in total. The van der Waals surface area contributed by atoms with Crippen molar-refractivity contribution >= 4 is 0 Å². The Morgan fingerprint density at radius 2 is 2.00 bits per heavy atom. The van der Waals surface area contributed by atoms with Gasteiger partial charge in [0.2, 0.25) is 0 Å². The standard InChI is InChI=1S/C13H17F/c1-3-7-11(4-2)10-12-8-5-6-9-13(12)14/h5-9H,3-4,10H2,1-2H3/b11-7-. The van der Waals surface area contributed by atoms with Gasteiger partial charge in [0.05, 0.1) is 0 Å². The lowest BCUT2D eigenvalue weighted by atomic mass is 10.0. The summed E-state index contributed by atoms with van der Waals surface area (Å²) < 4.78 is 13.3. The zero-order valence-corrected chi connectivity index (χ0v) is 8.89. The number of benzene rings is 1. The van der Waals surface area contributed by atoms with Crippen LogP contribution in [0.15, 0.2) is 35.9 Å². The van der Waals surface area contributed by atoms with Gasteiger partial charge in [0.15, 0.2) is 0 Å². The Kier molecular flexibility index (Phi) is 4.37. The molecular weight excluding hydrogens is 175 g/mol. The van der Waals surface area contributed by atoms with Crippen LogP contribution in [0, 0.1) is 5.82 Å². The highest BCUT2D eigenvalue weighted by molar-refractivity contribution is 5.23. The first-order valence-corrected chi connectivity index (χ1v) is 5.19. The summed E-state index contributed by atoms with van der Waals surface area (Å²) in [5.41, 5.74) is 2.12. The first kappa shape index (κ1) is 11.0. The maximum Gasteiger partial charge on any atom is 0.126 e. The third kappa shape index (κ3) is 2.99. The average Bonchev–Trinajstić information content (AvgIpc) is 2.20. The molecular formula is C13H17F. The van der Waals surface area contributed by atoms with Gasteiger partial charge in [-0.2, -0.15) is 0 Å². The van der Waals surface area contributed by atoms with Gasteiger partial charge in [-0.25, -0.2) is 4.39 Å². The van der Waals surface area contributed by atoms with E-state index in [-0.39, 0.29) is 5.82 Å². The molecule has 0 radical (unpaired) electrons. The quantitative estimate of drug-likeness (QED) is 0.630. The summed E-state index contributed by atoms with van der Waals surface area (Å²) in [5.74, 6) is -0.0945. The number of hydrogen-bond donors (Lipinski definition) is 0. The number of rotatable bonds is 4. The lowest BCUT2D eigenvalue weighted by molar-refractivity contribution is 0.612. The minimum absolute atomic E-state index is 0.0945. The van der Waals surface area contributed by atoms with Gasteiger partial charge in [-0.05, 0) is 30.9 Å². The summed E-state index contributed by atoms with van der Waals surface area (Å²) in [6, 6.07) is 6.99. The molecule has 0 spiro atoms. The van der Waals surface area contributed by atoms with Crippen molar-refractivity contribution in [2.75, 3.05) is 0 Å². The second-order valence-electron chi connectivity index (χ2n) is 3.39. The van der Waals surface area contributed by atoms with Crippen LogP contribution in [0.1, 0.15) is 32.3 Å². The van der Waals surface area contributed by atoms with Crippen molar-refractivity contribution in [2.24, 2.45) is 0 Å². The van der Waals surface area contributed by atoms with Crippen molar-refractivity contribution in [3.8, 4) is 0 Å². The molecule has 1 aromatic rings. The van der Waals surface area contributed by atoms with Crippen LogP contribution < -0.4 is 0 Å². The van der Waals surface area contributed by atoms with Gasteiger partial charge in [-0.1, -0.05) is 43.7 Å². The molecule has 0 heterocycles. The average molecular weight is 192 g/mol. The summed E-state index contributed by atoms with van der Waals surface area (Å²) in [5, 5.41) is 0. The summed E-state index contributed by atoms with van der Waals surface area (Å²) in [6.07, 6.45) is 4.96. The first-order chi connectivity index (χ1) is 6.77. The van der Waals surface area contributed by atoms with Crippen molar-refractivity contribution in [1.29, 1.82) is 0 Å². The monoisotopic (exact) mass is 192 g/mol. The maximum atomic E-state index is 13.3. The van der Waals surface area contributed by atoms with Crippen LogP contribution in [-0.2, 0) is 6.42 Å². The van der Waals surface area contributed by atoms with Crippen molar-refractivity contribution in [3.05, 3.63) is 47.3 Å². The Bertz CT molecular complexity index is 313. The number of halogens is 1. The van der Waals surface area contributed by atoms with E-state index in [4.69, 9.17) is 0 Å². The van der Waals surface area contributed by atoms with Crippen molar-refractivity contribution < 1.29 is 4.39 Å². The fourth-order valence-corrected chi connectivity index (χ4v) is 1.52. The van der Waals surface area contributed by atoms with Crippen molar-refractivity contribution in [1.82, 2.24) is 0 Å². The van der Waals surface area contributed by atoms with Gasteiger partial charge >= 0.3 is 0 Å². The Balaban J connectivity index is 2.77. The molecule has 76 valence electrons. The third-order valence-corrected chi connectivity index (χ3v) is 2.32. The van der Waals surface area contributed by atoms with E-state index in [1.54, 1.807) is 6.07 Å². The molecule has 1 aromatic carbocycles. The van der Waals surface area contributed by atoms with Gasteiger partial charge in [0, 0.05) is 0 Å². The maximum absolute atomic E-state index is 13.3. The molecule has 1 heteroatoms. The topological polar surface area (TPSA) is 0 Å². The lowest BCUT2D eigenvalue weighted by Gasteiger charge is -2.05. The van der Waals surface area contributed by atoms with E-state index in [0.29, 0.717) is 0 Å². The fourth-order valence-electron chi connectivity index (χ4n) is 1.52. The summed E-state index contributed by atoms with van der Waals surface area (Å²) >= 11 is 0. The molecule has 0 aromatic heterocycles. The predicted molar refractivity (Wildman–Crippen MR) is 58.8 cm³/mol. The van der Waals surface area contributed by atoms with Crippen molar-refractivity contribution in [2.45, 2.75) is 33.1 Å². The SMILES string of the molecule is CC/C=C(/CC)Cc1ccccc1F. The summed E-state index contributed by atoms with van der Waals surface area (Å²) in [6.45, 7) is 4.22. The van der Waals surface area contributed by atoms with Gasteiger partial charge in [-0.15, -0.1) is 0 Å². The van der Waals surface area contributed by atoms with E-state index in [2.05, 4.69) is 19.9 Å². The van der Waals surface area contributed by atoms with Crippen LogP contribution in [0.2, 0.25) is 0 Å². The third-order valence-electron chi connectivity index (χ3n) is 2.32. The minimum Gasteiger partial charge on any atom is -0.207 e.